The van der Waals surface area contributed by atoms with E-state index in [0.29, 0.717) is 12.6 Å². The number of nitrogens with zero attached hydrogens (tertiary/aromatic N) is 2. The molecule has 0 aromatic carbocycles. The van der Waals surface area contributed by atoms with Gasteiger partial charge in [-0.15, -0.1) is 10.2 Å². The summed E-state index contributed by atoms with van der Waals surface area (Å²) >= 11 is 0. The van der Waals surface area contributed by atoms with Crippen LogP contribution in [0.2, 0.25) is 0 Å². The van der Waals surface area contributed by atoms with E-state index in [1.807, 2.05) is 0 Å². The molecule has 1 fully saturated rings. The Kier molecular flexibility index (Phi) is 3.87. The molecule has 5 nitrogen and oxygen atoms in total. The molecule has 104 valence electrons. The maximum absolute atomic E-state index is 12.2. The van der Waals surface area contributed by atoms with E-state index in [1.54, 1.807) is 0 Å². The van der Waals surface area contributed by atoms with Crippen molar-refractivity contribution in [3.8, 4) is 0 Å². The molecule has 0 saturated heterocycles. The van der Waals surface area contributed by atoms with Gasteiger partial charge in [-0.05, 0) is 25.0 Å². The van der Waals surface area contributed by atoms with Crippen LogP contribution in [-0.4, -0.2) is 28.7 Å². The minimum Gasteiger partial charge on any atom is -0.368 e. The van der Waals surface area contributed by atoms with Crippen LogP contribution >= 0.6 is 0 Å². The van der Waals surface area contributed by atoms with Crippen LogP contribution in [0.15, 0.2) is 12.1 Å². The third-order valence-corrected chi connectivity index (χ3v) is 2.56. The van der Waals surface area contributed by atoms with Gasteiger partial charge in [0.15, 0.2) is 5.69 Å². The topological polar surface area (TPSA) is 66.9 Å². The zero-order valence-corrected chi connectivity index (χ0v) is 10.00. The second kappa shape index (κ2) is 5.41. The summed E-state index contributed by atoms with van der Waals surface area (Å²) in [6.45, 7) is 0.304. The molecule has 1 aliphatic rings. The van der Waals surface area contributed by atoms with Crippen molar-refractivity contribution >= 4 is 11.7 Å². The van der Waals surface area contributed by atoms with Gasteiger partial charge in [-0.25, -0.2) is 0 Å². The third-order valence-electron chi connectivity index (χ3n) is 2.56. The lowest BCUT2D eigenvalue weighted by Crippen LogP contribution is -2.27. The SMILES string of the molecule is O=C(CCNc1ccc(C(F)(F)F)nn1)NC1CC1. The Morgan fingerprint density at radius 3 is 2.58 bits per heavy atom. The lowest BCUT2D eigenvalue weighted by Gasteiger charge is -2.07. The number of anilines is 1. The minimum atomic E-state index is -4.49. The largest absolute Gasteiger partial charge is 0.435 e. The van der Waals surface area contributed by atoms with Crippen LogP contribution in [0, 0.1) is 0 Å². The lowest BCUT2D eigenvalue weighted by molar-refractivity contribution is -0.141. The number of carbonyl (C=O) groups is 1. The number of alkyl halides is 3. The molecule has 0 atom stereocenters. The number of carbonyl (C=O) groups excluding carboxylic acids is 1. The van der Waals surface area contributed by atoms with Gasteiger partial charge in [0.1, 0.15) is 5.82 Å². The number of nitrogens with one attached hydrogen (secondary N) is 2. The fourth-order valence-corrected chi connectivity index (χ4v) is 1.41. The highest BCUT2D eigenvalue weighted by Gasteiger charge is 2.32. The quantitative estimate of drug-likeness (QED) is 0.855. The van der Waals surface area contributed by atoms with Crippen molar-refractivity contribution in [2.45, 2.75) is 31.5 Å². The minimum absolute atomic E-state index is 0.0742. The Bertz CT molecular complexity index is 442. The standard InChI is InChI=1S/C11H13F3N4O/c12-11(13,14)8-3-4-9(18-17-8)15-6-5-10(19)16-7-1-2-7/h3-4,7H,1-2,5-6H2,(H,15,18)(H,16,19). The Balaban J connectivity index is 1.74. The van der Waals surface area contributed by atoms with E-state index in [-0.39, 0.29) is 18.1 Å². The van der Waals surface area contributed by atoms with Crippen LogP contribution in [0.5, 0.6) is 0 Å². The van der Waals surface area contributed by atoms with E-state index in [2.05, 4.69) is 20.8 Å². The predicted molar refractivity (Wildman–Crippen MR) is 61.3 cm³/mol. The molecule has 0 unspecified atom stereocenters. The number of aromatic nitrogens is 2. The van der Waals surface area contributed by atoms with Crippen LogP contribution in [0.25, 0.3) is 0 Å². The van der Waals surface area contributed by atoms with Gasteiger partial charge in [0.2, 0.25) is 5.91 Å². The molecular weight excluding hydrogens is 261 g/mol. The number of hydrogen-bond acceptors (Lipinski definition) is 4. The summed E-state index contributed by atoms with van der Waals surface area (Å²) in [5, 5.41) is 12.0. The fraction of sp³-hybridized carbons (Fsp3) is 0.545. The Morgan fingerprint density at radius 2 is 2.05 bits per heavy atom. The Labute approximate surface area is 107 Å². The summed E-state index contributed by atoms with van der Waals surface area (Å²) in [6.07, 6.45) is -2.21. The van der Waals surface area contributed by atoms with E-state index in [9.17, 15) is 18.0 Å². The Morgan fingerprint density at radius 1 is 1.32 bits per heavy atom. The van der Waals surface area contributed by atoms with Crippen LogP contribution in [-0.2, 0) is 11.0 Å². The van der Waals surface area contributed by atoms with Gasteiger partial charge in [-0.2, -0.15) is 13.2 Å². The second-order valence-corrected chi connectivity index (χ2v) is 4.32. The highest BCUT2D eigenvalue weighted by atomic mass is 19.4. The van der Waals surface area contributed by atoms with Crippen molar-refractivity contribution < 1.29 is 18.0 Å². The molecule has 1 aromatic rings. The lowest BCUT2D eigenvalue weighted by atomic mass is 10.3. The summed E-state index contributed by atoms with van der Waals surface area (Å²) in [4.78, 5) is 11.3. The molecule has 2 N–H and O–H groups in total. The maximum atomic E-state index is 12.2. The number of hydrogen-bond donors (Lipinski definition) is 2. The van der Waals surface area contributed by atoms with Gasteiger partial charge >= 0.3 is 6.18 Å². The van der Waals surface area contributed by atoms with Gasteiger partial charge in [-0.3, -0.25) is 4.79 Å². The van der Waals surface area contributed by atoms with Crippen LogP contribution < -0.4 is 10.6 Å². The molecule has 0 bridgehead atoms. The first-order valence-electron chi connectivity index (χ1n) is 5.89. The summed E-state index contributed by atoms with van der Waals surface area (Å²) in [6, 6.07) is 2.34. The average molecular weight is 274 g/mol. The van der Waals surface area contributed by atoms with E-state index in [1.165, 1.54) is 6.07 Å². The second-order valence-electron chi connectivity index (χ2n) is 4.32. The van der Waals surface area contributed by atoms with Crippen LogP contribution in [0.4, 0.5) is 19.0 Å². The first kappa shape index (κ1) is 13.6. The molecule has 1 aromatic heterocycles. The molecular formula is C11H13F3N4O. The molecule has 0 aliphatic heterocycles. The van der Waals surface area contributed by atoms with Crippen LogP contribution in [0.1, 0.15) is 25.0 Å². The molecule has 1 aliphatic carbocycles. The maximum Gasteiger partial charge on any atom is 0.435 e. The molecule has 0 spiro atoms. The zero-order chi connectivity index (χ0) is 13.9. The molecule has 19 heavy (non-hydrogen) atoms. The summed E-state index contributed by atoms with van der Waals surface area (Å²) in [7, 11) is 0. The van der Waals surface area contributed by atoms with Crippen molar-refractivity contribution in [3.05, 3.63) is 17.8 Å². The smallest absolute Gasteiger partial charge is 0.368 e. The van der Waals surface area contributed by atoms with Crippen molar-refractivity contribution in [3.63, 3.8) is 0 Å². The molecule has 0 radical (unpaired) electrons. The summed E-state index contributed by atoms with van der Waals surface area (Å²) < 4.78 is 36.7. The number of amides is 1. The van der Waals surface area contributed by atoms with E-state index in [0.717, 1.165) is 18.9 Å². The molecule has 1 amide bonds. The monoisotopic (exact) mass is 274 g/mol. The third kappa shape index (κ3) is 4.38. The normalized spacial score (nSPS) is 15.1. The van der Waals surface area contributed by atoms with Crippen molar-refractivity contribution in [2.75, 3.05) is 11.9 Å². The first-order valence-corrected chi connectivity index (χ1v) is 5.89. The first-order chi connectivity index (χ1) is 8.95. The van der Waals surface area contributed by atoms with E-state index >= 15 is 0 Å². The van der Waals surface area contributed by atoms with Gasteiger partial charge in [0.25, 0.3) is 0 Å². The number of rotatable bonds is 5. The summed E-state index contributed by atoms with van der Waals surface area (Å²) in [5.74, 6) is 0.141. The van der Waals surface area contributed by atoms with Gasteiger partial charge < -0.3 is 10.6 Å². The zero-order valence-electron chi connectivity index (χ0n) is 10.00. The highest BCUT2D eigenvalue weighted by Crippen LogP contribution is 2.27. The molecule has 2 rings (SSSR count). The predicted octanol–water partition coefficient (Wildman–Crippen LogP) is 1.58. The van der Waals surface area contributed by atoms with Gasteiger partial charge in [0.05, 0.1) is 0 Å². The van der Waals surface area contributed by atoms with Crippen molar-refractivity contribution in [2.24, 2.45) is 0 Å². The van der Waals surface area contributed by atoms with Gasteiger partial charge in [0, 0.05) is 19.0 Å². The molecule has 1 saturated carbocycles. The molecule has 8 heteroatoms. The van der Waals surface area contributed by atoms with Crippen LogP contribution in [0.3, 0.4) is 0 Å². The summed E-state index contributed by atoms with van der Waals surface area (Å²) in [5.41, 5.74) is -1.04. The highest BCUT2D eigenvalue weighted by molar-refractivity contribution is 5.77. The average Bonchev–Trinajstić information content (AvgIpc) is 3.12. The fourth-order valence-electron chi connectivity index (χ4n) is 1.41. The van der Waals surface area contributed by atoms with E-state index in [4.69, 9.17) is 0 Å². The number of halogens is 3. The van der Waals surface area contributed by atoms with Crippen molar-refractivity contribution in [1.82, 2.24) is 15.5 Å². The van der Waals surface area contributed by atoms with Crippen molar-refractivity contribution in [1.29, 1.82) is 0 Å². The van der Waals surface area contributed by atoms with E-state index < -0.39 is 11.9 Å². The Hall–Kier alpha value is -1.86. The molecule has 1 heterocycles. The van der Waals surface area contributed by atoms with Gasteiger partial charge in [-0.1, -0.05) is 0 Å².